The van der Waals surface area contributed by atoms with Gasteiger partial charge in [-0.1, -0.05) is 46.7 Å². The zero-order valence-electron chi connectivity index (χ0n) is 14.6. The van der Waals surface area contributed by atoms with Gasteiger partial charge in [0.2, 0.25) is 0 Å². The molecule has 2 aromatic carbocycles. The lowest BCUT2D eigenvalue weighted by atomic mass is 10.2. The van der Waals surface area contributed by atoms with Gasteiger partial charge in [0.05, 0.1) is 11.4 Å². The third-order valence-corrected chi connectivity index (χ3v) is 5.40. The molecule has 0 heterocycles. The van der Waals surface area contributed by atoms with Gasteiger partial charge >= 0.3 is 20.2 Å². The van der Waals surface area contributed by atoms with Gasteiger partial charge < -0.3 is 0 Å². The summed E-state index contributed by atoms with van der Waals surface area (Å²) in [5, 5.41) is 7.12. The topological polar surface area (TPSA) is 111 Å². The van der Waals surface area contributed by atoms with Crippen LogP contribution in [0, 0.1) is 0 Å². The van der Waals surface area contributed by atoms with Gasteiger partial charge in [0.15, 0.2) is 0 Å². The van der Waals surface area contributed by atoms with Crippen LogP contribution in [0.25, 0.3) is 0 Å². The minimum atomic E-state index is -4.02. The van der Waals surface area contributed by atoms with Crippen molar-refractivity contribution in [2.45, 2.75) is 30.1 Å². The molecular formula is C17H18N2O6S2. The maximum atomic E-state index is 12.0. The van der Waals surface area contributed by atoms with Gasteiger partial charge in [-0.3, -0.25) is 8.57 Å². The molecule has 0 fully saturated rings. The van der Waals surface area contributed by atoms with E-state index in [1.165, 1.54) is 38.1 Å². The third-order valence-electron chi connectivity index (χ3n) is 3.16. The summed E-state index contributed by atoms with van der Waals surface area (Å²) in [6, 6.07) is 15.1. The highest BCUT2D eigenvalue weighted by Gasteiger charge is 2.16. The molecule has 0 aliphatic carbocycles. The van der Waals surface area contributed by atoms with E-state index >= 15 is 0 Å². The lowest BCUT2D eigenvalue weighted by molar-refractivity contribution is 0.336. The molecule has 0 bridgehead atoms. The predicted octanol–water partition coefficient (Wildman–Crippen LogP) is 2.94. The monoisotopic (exact) mass is 410 g/mol. The molecule has 2 rings (SSSR count). The third kappa shape index (κ3) is 6.19. The first-order valence-electron chi connectivity index (χ1n) is 7.75. The van der Waals surface area contributed by atoms with Crippen molar-refractivity contribution in [1.29, 1.82) is 0 Å². The van der Waals surface area contributed by atoms with Gasteiger partial charge in [-0.25, -0.2) is 0 Å². The first-order chi connectivity index (χ1) is 12.7. The Bertz CT molecular complexity index is 946. The van der Waals surface area contributed by atoms with Gasteiger partial charge in [0.1, 0.15) is 9.79 Å². The average Bonchev–Trinajstić information content (AvgIpc) is 2.66. The Hall–Kier alpha value is -2.72. The second-order valence-corrected chi connectivity index (χ2v) is 8.57. The summed E-state index contributed by atoms with van der Waals surface area (Å²) >= 11 is 0. The molecule has 0 amide bonds. The van der Waals surface area contributed by atoms with Crippen molar-refractivity contribution in [2.24, 2.45) is 10.3 Å². The second kappa shape index (κ2) is 8.78. The number of rotatable bonds is 8. The van der Waals surface area contributed by atoms with Crippen LogP contribution in [-0.2, 0) is 28.8 Å². The Morgan fingerprint density at radius 1 is 0.704 bits per heavy atom. The van der Waals surface area contributed by atoms with Crippen LogP contribution in [0.15, 0.2) is 80.8 Å². The van der Waals surface area contributed by atoms with Crippen molar-refractivity contribution in [3.05, 3.63) is 60.7 Å². The molecular weight excluding hydrogens is 392 g/mol. The minimum absolute atomic E-state index is 0.0239. The van der Waals surface area contributed by atoms with Gasteiger partial charge in [0, 0.05) is 6.42 Å². The van der Waals surface area contributed by atoms with Crippen molar-refractivity contribution < 1.29 is 25.4 Å². The molecule has 27 heavy (non-hydrogen) atoms. The fourth-order valence-electron chi connectivity index (χ4n) is 1.92. The molecule has 0 aliphatic rings. The Balaban J connectivity index is 1.99. The van der Waals surface area contributed by atoms with Crippen LogP contribution in [0.5, 0.6) is 0 Å². The Morgan fingerprint density at radius 3 is 1.37 bits per heavy atom. The van der Waals surface area contributed by atoms with Crippen LogP contribution >= 0.6 is 0 Å². The highest BCUT2D eigenvalue weighted by molar-refractivity contribution is 7.87. The number of oxime groups is 2. The van der Waals surface area contributed by atoms with Gasteiger partial charge in [0.25, 0.3) is 0 Å². The molecule has 8 nitrogen and oxygen atoms in total. The summed E-state index contributed by atoms with van der Waals surface area (Å²) < 4.78 is 57.2. The van der Waals surface area contributed by atoms with E-state index in [2.05, 4.69) is 18.9 Å². The quantitative estimate of drug-likeness (QED) is 0.489. The van der Waals surface area contributed by atoms with E-state index < -0.39 is 20.2 Å². The average molecular weight is 410 g/mol. The van der Waals surface area contributed by atoms with Crippen LogP contribution in [-0.4, -0.2) is 28.3 Å². The van der Waals surface area contributed by atoms with Crippen LogP contribution in [0.3, 0.4) is 0 Å². The van der Waals surface area contributed by atoms with E-state index in [9.17, 15) is 16.8 Å². The molecule has 144 valence electrons. The Morgan fingerprint density at radius 2 is 1.04 bits per heavy atom. The summed E-state index contributed by atoms with van der Waals surface area (Å²) in [7, 11) is -8.03. The molecule has 0 aromatic heterocycles. The summed E-state index contributed by atoms with van der Waals surface area (Å²) in [4.78, 5) is -0.0477. The van der Waals surface area contributed by atoms with Crippen LogP contribution in [0.4, 0.5) is 0 Å². The van der Waals surface area contributed by atoms with Crippen molar-refractivity contribution in [3.63, 3.8) is 0 Å². The van der Waals surface area contributed by atoms with E-state index in [4.69, 9.17) is 0 Å². The van der Waals surface area contributed by atoms with Crippen LogP contribution in [0.2, 0.25) is 0 Å². The first kappa shape index (κ1) is 20.6. The predicted molar refractivity (Wildman–Crippen MR) is 100 cm³/mol. The SMILES string of the molecule is CC(CC(C)=NOS(=O)(=O)c1ccccc1)=NOS(=O)(=O)c1ccccc1. The van der Waals surface area contributed by atoms with Crippen molar-refractivity contribution >= 4 is 31.7 Å². The lowest BCUT2D eigenvalue weighted by Crippen LogP contribution is -2.08. The van der Waals surface area contributed by atoms with Gasteiger partial charge in [-0.05, 0) is 38.1 Å². The zero-order chi connectivity index (χ0) is 19.9. The molecule has 0 aliphatic heterocycles. The smallest absolute Gasteiger partial charge is 0.265 e. The molecule has 0 unspecified atom stereocenters. The molecule has 0 spiro atoms. The van der Waals surface area contributed by atoms with Gasteiger partial charge in [-0.15, -0.1) is 0 Å². The largest absolute Gasteiger partial charge is 0.358 e. The molecule has 0 N–H and O–H groups in total. The maximum Gasteiger partial charge on any atom is 0.358 e. The molecule has 0 radical (unpaired) electrons. The molecule has 10 heteroatoms. The highest BCUT2D eigenvalue weighted by atomic mass is 32.2. The number of nitrogens with zero attached hydrogens (tertiary/aromatic N) is 2. The summed E-state index contributed by atoms with van der Waals surface area (Å²) in [5.74, 6) is 0. The van der Waals surface area contributed by atoms with Crippen molar-refractivity contribution in [1.82, 2.24) is 0 Å². The molecule has 2 aromatic rings. The Labute approximate surface area is 158 Å². The van der Waals surface area contributed by atoms with Crippen LogP contribution < -0.4 is 0 Å². The lowest BCUT2D eigenvalue weighted by Gasteiger charge is -2.04. The summed E-state index contributed by atoms with van der Waals surface area (Å²) in [6.07, 6.45) is 0.0641. The normalized spacial score (nSPS) is 13.3. The van der Waals surface area contributed by atoms with E-state index in [1.807, 2.05) is 0 Å². The highest BCUT2D eigenvalue weighted by Crippen LogP contribution is 2.13. The standard InChI is InChI=1S/C17H18N2O6S2/c1-14(18-24-26(20,21)16-9-5-3-6-10-16)13-15(2)19-25-27(22,23)17-11-7-4-8-12-17/h3-12H,13H2,1-2H3. The minimum Gasteiger partial charge on any atom is -0.265 e. The Kier molecular flexibility index (Phi) is 6.70. The first-order valence-corrected chi connectivity index (χ1v) is 10.6. The number of benzene rings is 2. The number of hydrogen-bond donors (Lipinski definition) is 0. The molecule has 0 saturated carbocycles. The van der Waals surface area contributed by atoms with E-state index in [0.29, 0.717) is 0 Å². The van der Waals surface area contributed by atoms with E-state index in [0.717, 1.165) is 0 Å². The molecule has 0 atom stereocenters. The molecule has 0 saturated heterocycles. The fraction of sp³-hybridized carbons (Fsp3) is 0.176. The second-order valence-electron chi connectivity index (χ2n) is 5.51. The summed E-state index contributed by atoms with van der Waals surface area (Å²) in [6.45, 7) is 3.04. The van der Waals surface area contributed by atoms with Gasteiger partial charge in [-0.2, -0.15) is 16.8 Å². The maximum absolute atomic E-state index is 12.0. The summed E-state index contributed by atoms with van der Waals surface area (Å²) in [5.41, 5.74) is 0.549. The van der Waals surface area contributed by atoms with Crippen molar-refractivity contribution in [3.8, 4) is 0 Å². The van der Waals surface area contributed by atoms with Crippen LogP contribution in [0.1, 0.15) is 20.3 Å². The fourth-order valence-corrected chi connectivity index (χ4v) is 3.52. The van der Waals surface area contributed by atoms with Crippen molar-refractivity contribution in [2.75, 3.05) is 0 Å². The number of hydrogen-bond acceptors (Lipinski definition) is 8. The van der Waals surface area contributed by atoms with E-state index in [-0.39, 0.29) is 27.6 Å². The van der Waals surface area contributed by atoms with E-state index in [1.54, 1.807) is 36.4 Å². The zero-order valence-corrected chi connectivity index (χ0v) is 16.3.